The van der Waals surface area contributed by atoms with E-state index in [1.165, 1.54) is 0 Å². The molecular weight excluding hydrogens is 264 g/mol. The number of thioether (sulfide) groups is 1. The molecule has 0 aromatic heterocycles. The quantitative estimate of drug-likeness (QED) is 0.577. The van der Waals surface area contributed by atoms with Crippen LogP contribution in [-0.2, 0) is 4.79 Å². The van der Waals surface area contributed by atoms with Crippen molar-refractivity contribution >= 4 is 23.8 Å². The Morgan fingerprint density at radius 3 is 2.95 bits per heavy atom. The first-order valence-corrected chi connectivity index (χ1v) is 7.60. The third kappa shape index (κ3) is 4.78. The normalized spacial score (nSPS) is 22.9. The van der Waals surface area contributed by atoms with Gasteiger partial charge in [-0.05, 0) is 19.8 Å². The number of likely N-dealkylation sites (tertiary alicyclic amines) is 1. The number of carbonyl (C=O) groups is 2. The standard InChI is InChI=1S/C13H22N2O3S/c1-3-8-19-9-6-14-12(18)15-7-4-5-13(2,10-15)11(16)17/h3H,1,4-10H2,2H3,(H,14,18)(H,16,17). The van der Waals surface area contributed by atoms with E-state index < -0.39 is 11.4 Å². The zero-order valence-corrected chi connectivity index (χ0v) is 12.2. The van der Waals surface area contributed by atoms with Gasteiger partial charge in [0.25, 0.3) is 0 Å². The Morgan fingerprint density at radius 1 is 1.58 bits per heavy atom. The maximum Gasteiger partial charge on any atom is 0.317 e. The Balaban J connectivity index is 2.36. The number of nitrogens with zero attached hydrogens (tertiary/aromatic N) is 1. The molecule has 19 heavy (non-hydrogen) atoms. The number of nitrogens with one attached hydrogen (secondary N) is 1. The minimum absolute atomic E-state index is 0.161. The third-order valence-corrected chi connectivity index (χ3v) is 4.22. The molecule has 1 aliphatic rings. The number of carboxylic acid groups (broad SMARTS) is 1. The maximum absolute atomic E-state index is 11.9. The summed E-state index contributed by atoms with van der Waals surface area (Å²) in [5.41, 5.74) is -0.812. The predicted octanol–water partition coefficient (Wildman–Crippen LogP) is 1.80. The highest BCUT2D eigenvalue weighted by Crippen LogP contribution is 2.29. The largest absolute Gasteiger partial charge is 0.481 e. The second kappa shape index (κ2) is 7.43. The van der Waals surface area contributed by atoms with E-state index in [1.54, 1.807) is 23.6 Å². The molecule has 2 N–H and O–H groups in total. The maximum atomic E-state index is 11.9. The van der Waals surface area contributed by atoms with Gasteiger partial charge in [-0.25, -0.2) is 4.79 Å². The molecule has 0 aromatic carbocycles. The number of carboxylic acids is 1. The van der Waals surface area contributed by atoms with Gasteiger partial charge in [0.05, 0.1) is 5.41 Å². The van der Waals surface area contributed by atoms with Crippen molar-refractivity contribution in [1.29, 1.82) is 0 Å². The zero-order valence-electron chi connectivity index (χ0n) is 11.4. The molecule has 1 aliphatic heterocycles. The number of rotatable bonds is 6. The lowest BCUT2D eigenvalue weighted by Gasteiger charge is -2.37. The molecular formula is C13H22N2O3S. The number of aliphatic carboxylic acids is 1. The third-order valence-electron chi connectivity index (χ3n) is 3.26. The highest BCUT2D eigenvalue weighted by molar-refractivity contribution is 7.99. The molecule has 108 valence electrons. The van der Waals surface area contributed by atoms with Gasteiger partial charge in [-0.2, -0.15) is 11.8 Å². The van der Waals surface area contributed by atoms with Crippen LogP contribution in [-0.4, -0.2) is 53.1 Å². The van der Waals surface area contributed by atoms with Crippen LogP contribution in [0.4, 0.5) is 4.79 Å². The van der Waals surface area contributed by atoms with Crippen LogP contribution in [0.3, 0.4) is 0 Å². The Labute approximate surface area is 118 Å². The summed E-state index contributed by atoms with van der Waals surface area (Å²) in [7, 11) is 0. The lowest BCUT2D eigenvalue weighted by molar-refractivity contribution is -0.150. The molecule has 1 saturated heterocycles. The van der Waals surface area contributed by atoms with Gasteiger partial charge in [0.2, 0.25) is 0 Å². The molecule has 6 heteroatoms. The van der Waals surface area contributed by atoms with Gasteiger partial charge in [-0.1, -0.05) is 6.08 Å². The van der Waals surface area contributed by atoms with E-state index in [2.05, 4.69) is 11.9 Å². The average molecular weight is 286 g/mol. The molecule has 2 amide bonds. The summed E-state index contributed by atoms with van der Waals surface area (Å²) in [6, 6.07) is -0.161. The number of hydrogen-bond acceptors (Lipinski definition) is 3. The highest BCUT2D eigenvalue weighted by atomic mass is 32.2. The van der Waals surface area contributed by atoms with Crippen LogP contribution in [0.15, 0.2) is 12.7 Å². The summed E-state index contributed by atoms with van der Waals surface area (Å²) in [6.07, 6.45) is 3.19. The summed E-state index contributed by atoms with van der Waals surface area (Å²) in [6.45, 7) is 6.84. The number of hydrogen-bond donors (Lipinski definition) is 2. The van der Waals surface area contributed by atoms with Crippen molar-refractivity contribution in [3.05, 3.63) is 12.7 Å². The predicted molar refractivity (Wildman–Crippen MR) is 77.5 cm³/mol. The molecule has 1 unspecified atom stereocenters. The van der Waals surface area contributed by atoms with Crippen molar-refractivity contribution in [2.75, 3.05) is 31.1 Å². The average Bonchev–Trinajstić information content (AvgIpc) is 2.38. The number of urea groups is 1. The summed E-state index contributed by atoms with van der Waals surface area (Å²) < 4.78 is 0. The van der Waals surface area contributed by atoms with E-state index in [1.807, 2.05) is 6.08 Å². The van der Waals surface area contributed by atoms with Crippen molar-refractivity contribution in [2.45, 2.75) is 19.8 Å². The summed E-state index contributed by atoms with van der Waals surface area (Å²) in [5.74, 6) is 0.880. The zero-order chi connectivity index (χ0) is 14.3. The highest BCUT2D eigenvalue weighted by Gasteiger charge is 2.39. The molecule has 1 rings (SSSR count). The van der Waals surface area contributed by atoms with E-state index in [9.17, 15) is 14.7 Å². The smallest absolute Gasteiger partial charge is 0.317 e. The first-order valence-electron chi connectivity index (χ1n) is 6.44. The van der Waals surface area contributed by atoms with Gasteiger partial charge in [-0.15, -0.1) is 6.58 Å². The van der Waals surface area contributed by atoms with E-state index in [0.717, 1.165) is 17.9 Å². The molecule has 5 nitrogen and oxygen atoms in total. The first kappa shape index (κ1) is 15.9. The first-order chi connectivity index (χ1) is 8.99. The van der Waals surface area contributed by atoms with Gasteiger partial charge in [-0.3, -0.25) is 4.79 Å². The van der Waals surface area contributed by atoms with Crippen LogP contribution in [0.25, 0.3) is 0 Å². The molecule has 0 radical (unpaired) electrons. The molecule has 1 atom stereocenters. The summed E-state index contributed by atoms with van der Waals surface area (Å²) in [5, 5.41) is 12.0. The van der Waals surface area contributed by atoms with Crippen molar-refractivity contribution < 1.29 is 14.7 Å². The fourth-order valence-electron chi connectivity index (χ4n) is 2.10. The van der Waals surface area contributed by atoms with Gasteiger partial charge in [0.1, 0.15) is 0 Å². The van der Waals surface area contributed by atoms with E-state index in [4.69, 9.17) is 0 Å². The summed E-state index contributed by atoms with van der Waals surface area (Å²) in [4.78, 5) is 24.7. The Kier molecular flexibility index (Phi) is 6.21. The molecule has 0 saturated carbocycles. The Bertz CT molecular complexity index is 349. The van der Waals surface area contributed by atoms with Crippen molar-refractivity contribution in [3.8, 4) is 0 Å². The Morgan fingerprint density at radius 2 is 2.32 bits per heavy atom. The number of amides is 2. The van der Waals surface area contributed by atoms with Crippen LogP contribution >= 0.6 is 11.8 Å². The van der Waals surface area contributed by atoms with Crippen LogP contribution in [0, 0.1) is 5.41 Å². The second-order valence-corrected chi connectivity index (χ2v) is 6.14. The SMILES string of the molecule is C=CCSCCNC(=O)N1CCCC(C)(C(=O)O)C1. The van der Waals surface area contributed by atoms with E-state index in [-0.39, 0.29) is 12.6 Å². The van der Waals surface area contributed by atoms with Crippen LogP contribution in [0.5, 0.6) is 0 Å². The molecule has 0 bridgehead atoms. The molecule has 1 heterocycles. The van der Waals surface area contributed by atoms with Crippen molar-refractivity contribution in [3.63, 3.8) is 0 Å². The fourth-order valence-corrected chi connectivity index (χ4v) is 2.68. The van der Waals surface area contributed by atoms with E-state index in [0.29, 0.717) is 19.5 Å². The second-order valence-electron chi connectivity index (χ2n) is 4.99. The van der Waals surface area contributed by atoms with Crippen LogP contribution < -0.4 is 5.32 Å². The van der Waals surface area contributed by atoms with Gasteiger partial charge >= 0.3 is 12.0 Å². The fraction of sp³-hybridized carbons (Fsp3) is 0.692. The summed E-state index contributed by atoms with van der Waals surface area (Å²) >= 11 is 1.70. The van der Waals surface area contributed by atoms with E-state index >= 15 is 0 Å². The van der Waals surface area contributed by atoms with Gasteiger partial charge in [0.15, 0.2) is 0 Å². The number of piperidine rings is 1. The lowest BCUT2D eigenvalue weighted by atomic mass is 9.82. The molecule has 0 aromatic rings. The van der Waals surface area contributed by atoms with Crippen LogP contribution in [0.1, 0.15) is 19.8 Å². The van der Waals surface area contributed by atoms with Gasteiger partial charge in [0, 0.05) is 31.1 Å². The monoisotopic (exact) mass is 286 g/mol. The topological polar surface area (TPSA) is 69.6 Å². The van der Waals surface area contributed by atoms with Crippen molar-refractivity contribution in [1.82, 2.24) is 10.2 Å². The van der Waals surface area contributed by atoms with Gasteiger partial charge < -0.3 is 15.3 Å². The number of carbonyl (C=O) groups excluding carboxylic acids is 1. The lowest BCUT2D eigenvalue weighted by Crippen LogP contribution is -2.51. The van der Waals surface area contributed by atoms with Crippen LogP contribution in [0.2, 0.25) is 0 Å². The minimum atomic E-state index is -0.827. The molecule has 0 aliphatic carbocycles. The minimum Gasteiger partial charge on any atom is -0.481 e. The molecule has 0 spiro atoms. The molecule has 1 fully saturated rings. The Hall–Kier alpha value is -1.17. The van der Waals surface area contributed by atoms with Crippen molar-refractivity contribution in [2.24, 2.45) is 5.41 Å².